The first kappa shape index (κ1) is 18.5. The van der Waals surface area contributed by atoms with E-state index in [4.69, 9.17) is 4.74 Å². The van der Waals surface area contributed by atoms with Crippen LogP contribution >= 0.6 is 24.8 Å². The summed E-state index contributed by atoms with van der Waals surface area (Å²) in [6.45, 7) is 1.84. The standard InChI is InChI=1S/C19H18N2O.2ClH/c1-2-5-14(6-3-1)17-12-21-13-19(17)22-18-8-4-7-15-11-20-10-9-16(15)18;;/h1-11,17,19,21H,12-13H2;2*1H/t17-,19-;;/m0../s1. The summed E-state index contributed by atoms with van der Waals surface area (Å²) in [7, 11) is 0. The minimum absolute atomic E-state index is 0. The highest BCUT2D eigenvalue weighted by Crippen LogP contribution is 2.30. The predicted molar refractivity (Wildman–Crippen MR) is 103 cm³/mol. The minimum Gasteiger partial charge on any atom is -0.488 e. The minimum atomic E-state index is 0. The summed E-state index contributed by atoms with van der Waals surface area (Å²) in [5, 5.41) is 5.69. The number of benzene rings is 2. The van der Waals surface area contributed by atoms with Gasteiger partial charge in [-0.3, -0.25) is 4.98 Å². The summed E-state index contributed by atoms with van der Waals surface area (Å²) in [4.78, 5) is 4.18. The van der Waals surface area contributed by atoms with Crippen LogP contribution in [0.4, 0.5) is 0 Å². The quantitative estimate of drug-likeness (QED) is 0.757. The number of nitrogens with zero attached hydrogens (tertiary/aromatic N) is 1. The topological polar surface area (TPSA) is 34.1 Å². The number of hydrogen-bond donors (Lipinski definition) is 1. The number of halogens is 2. The monoisotopic (exact) mass is 362 g/mol. The molecule has 1 saturated heterocycles. The van der Waals surface area contributed by atoms with E-state index in [9.17, 15) is 0 Å². The number of rotatable bonds is 3. The SMILES string of the molecule is Cl.Cl.c1ccc([C@@H]2CNC[C@@H]2Oc2cccc3cnccc23)cc1. The van der Waals surface area contributed by atoms with E-state index in [-0.39, 0.29) is 30.9 Å². The third kappa shape index (κ3) is 3.64. The molecule has 2 atom stereocenters. The fourth-order valence-electron chi connectivity index (χ4n) is 3.17. The highest BCUT2D eigenvalue weighted by molar-refractivity contribution is 5.87. The maximum Gasteiger partial charge on any atom is 0.127 e. The van der Waals surface area contributed by atoms with Gasteiger partial charge in [0, 0.05) is 42.2 Å². The molecule has 2 heterocycles. The lowest BCUT2D eigenvalue weighted by atomic mass is 9.96. The Morgan fingerprint density at radius 3 is 2.58 bits per heavy atom. The van der Waals surface area contributed by atoms with E-state index in [0.717, 1.165) is 29.6 Å². The molecule has 4 rings (SSSR count). The molecule has 3 nitrogen and oxygen atoms in total. The maximum absolute atomic E-state index is 6.37. The van der Waals surface area contributed by atoms with Crippen LogP contribution in [0.2, 0.25) is 0 Å². The second kappa shape index (κ2) is 8.34. The fraction of sp³-hybridized carbons (Fsp3) is 0.211. The van der Waals surface area contributed by atoms with Gasteiger partial charge in [-0.25, -0.2) is 0 Å². The lowest BCUT2D eigenvalue weighted by molar-refractivity contribution is 0.207. The van der Waals surface area contributed by atoms with Gasteiger partial charge in [0.15, 0.2) is 0 Å². The van der Waals surface area contributed by atoms with Crippen molar-refractivity contribution < 1.29 is 4.74 Å². The zero-order valence-electron chi connectivity index (χ0n) is 13.1. The van der Waals surface area contributed by atoms with Gasteiger partial charge in [-0.2, -0.15) is 0 Å². The van der Waals surface area contributed by atoms with Gasteiger partial charge < -0.3 is 10.1 Å². The molecule has 1 fully saturated rings. The molecule has 0 amide bonds. The van der Waals surface area contributed by atoms with E-state index in [1.807, 2.05) is 30.6 Å². The van der Waals surface area contributed by atoms with Crippen LogP contribution in [0.15, 0.2) is 67.0 Å². The van der Waals surface area contributed by atoms with Crippen molar-refractivity contribution in [3.63, 3.8) is 0 Å². The molecule has 2 aromatic carbocycles. The maximum atomic E-state index is 6.37. The Balaban J connectivity index is 0.00000104. The molecule has 0 bridgehead atoms. The van der Waals surface area contributed by atoms with Crippen LogP contribution in [-0.2, 0) is 0 Å². The first-order valence-electron chi connectivity index (χ1n) is 7.67. The molecule has 0 saturated carbocycles. The predicted octanol–water partition coefficient (Wildman–Crippen LogP) is 4.21. The molecule has 0 spiro atoms. The highest BCUT2D eigenvalue weighted by atomic mass is 35.5. The third-order valence-electron chi connectivity index (χ3n) is 4.31. The molecule has 0 aliphatic carbocycles. The fourth-order valence-corrected chi connectivity index (χ4v) is 3.17. The Morgan fingerprint density at radius 1 is 0.917 bits per heavy atom. The molecule has 0 unspecified atom stereocenters. The average Bonchev–Trinajstić information content (AvgIpc) is 3.04. The van der Waals surface area contributed by atoms with Crippen LogP contribution in [0, 0.1) is 0 Å². The first-order chi connectivity index (χ1) is 10.9. The molecule has 1 aliphatic rings. The zero-order chi connectivity index (χ0) is 14.8. The van der Waals surface area contributed by atoms with Gasteiger partial charge in [-0.05, 0) is 17.7 Å². The van der Waals surface area contributed by atoms with E-state index in [2.05, 4.69) is 46.7 Å². The van der Waals surface area contributed by atoms with Gasteiger partial charge in [-0.15, -0.1) is 24.8 Å². The smallest absolute Gasteiger partial charge is 0.127 e. The van der Waals surface area contributed by atoms with Gasteiger partial charge in [0.05, 0.1) is 0 Å². The summed E-state index contributed by atoms with van der Waals surface area (Å²) in [5.74, 6) is 1.33. The number of ether oxygens (including phenoxy) is 1. The van der Waals surface area contributed by atoms with Gasteiger partial charge in [0.2, 0.25) is 0 Å². The number of pyridine rings is 1. The van der Waals surface area contributed by atoms with Gasteiger partial charge in [0.1, 0.15) is 11.9 Å². The van der Waals surface area contributed by atoms with Crippen LogP contribution < -0.4 is 10.1 Å². The molecule has 126 valence electrons. The normalized spacial score (nSPS) is 19.3. The Hall–Kier alpha value is -1.81. The Morgan fingerprint density at radius 2 is 1.75 bits per heavy atom. The molecule has 1 aliphatic heterocycles. The van der Waals surface area contributed by atoms with E-state index in [1.54, 1.807) is 0 Å². The van der Waals surface area contributed by atoms with Crippen molar-refractivity contribution in [3.05, 3.63) is 72.6 Å². The zero-order valence-corrected chi connectivity index (χ0v) is 14.7. The van der Waals surface area contributed by atoms with Crippen molar-refractivity contribution in [3.8, 4) is 5.75 Å². The van der Waals surface area contributed by atoms with Crippen LogP contribution in [0.5, 0.6) is 5.75 Å². The van der Waals surface area contributed by atoms with Crippen LogP contribution in [0.1, 0.15) is 11.5 Å². The first-order valence-corrected chi connectivity index (χ1v) is 7.67. The lowest BCUT2D eigenvalue weighted by Gasteiger charge is -2.21. The largest absolute Gasteiger partial charge is 0.488 e. The second-order valence-electron chi connectivity index (χ2n) is 5.68. The van der Waals surface area contributed by atoms with Crippen LogP contribution in [0.3, 0.4) is 0 Å². The Labute approximate surface area is 154 Å². The van der Waals surface area contributed by atoms with Crippen LogP contribution in [-0.4, -0.2) is 24.2 Å². The van der Waals surface area contributed by atoms with Gasteiger partial charge in [-0.1, -0.05) is 42.5 Å². The van der Waals surface area contributed by atoms with E-state index in [1.165, 1.54) is 5.56 Å². The molecular formula is C19H20Cl2N2O. The number of aromatic nitrogens is 1. The van der Waals surface area contributed by atoms with Gasteiger partial charge in [0.25, 0.3) is 0 Å². The summed E-state index contributed by atoms with van der Waals surface area (Å²) in [5.41, 5.74) is 1.33. The average molecular weight is 363 g/mol. The van der Waals surface area contributed by atoms with E-state index >= 15 is 0 Å². The second-order valence-corrected chi connectivity index (χ2v) is 5.68. The van der Waals surface area contributed by atoms with Crippen molar-refractivity contribution in [2.75, 3.05) is 13.1 Å². The highest BCUT2D eigenvalue weighted by Gasteiger charge is 2.30. The van der Waals surface area contributed by atoms with Gasteiger partial charge >= 0.3 is 0 Å². The van der Waals surface area contributed by atoms with Crippen molar-refractivity contribution in [1.82, 2.24) is 10.3 Å². The van der Waals surface area contributed by atoms with Crippen molar-refractivity contribution in [1.29, 1.82) is 0 Å². The van der Waals surface area contributed by atoms with Crippen molar-refractivity contribution in [2.45, 2.75) is 12.0 Å². The molecule has 5 heteroatoms. The summed E-state index contributed by atoms with van der Waals surface area (Å²) < 4.78 is 6.37. The summed E-state index contributed by atoms with van der Waals surface area (Å²) in [6.07, 6.45) is 3.85. The third-order valence-corrected chi connectivity index (χ3v) is 4.31. The van der Waals surface area contributed by atoms with Crippen molar-refractivity contribution >= 4 is 35.6 Å². The van der Waals surface area contributed by atoms with E-state index < -0.39 is 0 Å². The number of fused-ring (bicyclic) bond motifs is 1. The van der Waals surface area contributed by atoms with E-state index in [0.29, 0.717) is 5.92 Å². The van der Waals surface area contributed by atoms with Crippen molar-refractivity contribution in [2.24, 2.45) is 0 Å². The van der Waals surface area contributed by atoms with Crippen LogP contribution in [0.25, 0.3) is 10.8 Å². The molecule has 0 radical (unpaired) electrons. The molecule has 1 N–H and O–H groups in total. The lowest BCUT2D eigenvalue weighted by Crippen LogP contribution is -2.24. The Bertz CT molecular complexity index is 777. The molecule has 3 aromatic rings. The molecular weight excluding hydrogens is 343 g/mol. The number of nitrogens with one attached hydrogen (secondary N) is 1. The molecule has 1 aromatic heterocycles. The molecule has 24 heavy (non-hydrogen) atoms. The number of hydrogen-bond acceptors (Lipinski definition) is 3. The summed E-state index contributed by atoms with van der Waals surface area (Å²) in [6, 6.07) is 18.8. The Kier molecular flexibility index (Phi) is 6.44. The summed E-state index contributed by atoms with van der Waals surface area (Å²) >= 11 is 0.